The fourth-order valence-electron chi connectivity index (χ4n) is 3.87. The Bertz CT molecular complexity index is 1240. The number of furan rings is 1. The molecule has 1 heterocycles. The van der Waals surface area contributed by atoms with E-state index in [1.165, 1.54) is 0 Å². The van der Waals surface area contributed by atoms with E-state index in [2.05, 4.69) is 10.0 Å². The molecule has 7 nitrogen and oxygen atoms in total. The second kappa shape index (κ2) is 11.0. The summed E-state index contributed by atoms with van der Waals surface area (Å²) < 4.78 is 39.4. The number of anilines is 1. The van der Waals surface area contributed by atoms with Crippen LogP contribution in [0.1, 0.15) is 45.6 Å². The van der Waals surface area contributed by atoms with Crippen molar-refractivity contribution in [2.24, 2.45) is 0 Å². The summed E-state index contributed by atoms with van der Waals surface area (Å²) in [5, 5.41) is 2.81. The summed E-state index contributed by atoms with van der Waals surface area (Å²) in [6, 6.07) is 11.0. The van der Waals surface area contributed by atoms with Gasteiger partial charge in [0, 0.05) is 18.7 Å². The van der Waals surface area contributed by atoms with Crippen molar-refractivity contribution in [2.75, 3.05) is 11.9 Å². The van der Waals surface area contributed by atoms with Gasteiger partial charge in [-0.05, 0) is 92.3 Å². The lowest BCUT2D eigenvalue weighted by atomic mass is 9.95. The van der Waals surface area contributed by atoms with Gasteiger partial charge in [0.05, 0.1) is 17.8 Å². The van der Waals surface area contributed by atoms with Gasteiger partial charge in [0.15, 0.2) is 0 Å². The Hall–Kier alpha value is -2.94. The van der Waals surface area contributed by atoms with Crippen molar-refractivity contribution in [3.05, 3.63) is 81.8 Å². The first-order chi connectivity index (χ1) is 16.1. The number of carbonyl (C=O) groups excluding carboxylic acids is 1. The van der Waals surface area contributed by atoms with Crippen LogP contribution in [-0.4, -0.2) is 20.9 Å². The molecule has 0 aliphatic carbocycles. The predicted octanol–water partition coefficient (Wildman–Crippen LogP) is 4.85. The molecule has 3 aromatic rings. The van der Waals surface area contributed by atoms with Gasteiger partial charge >= 0.3 is 0 Å². The van der Waals surface area contributed by atoms with Crippen LogP contribution in [0.15, 0.2) is 52.0 Å². The minimum atomic E-state index is -3.74. The lowest BCUT2D eigenvalue weighted by molar-refractivity contribution is -0.116. The van der Waals surface area contributed by atoms with Gasteiger partial charge in [-0.25, -0.2) is 13.1 Å². The third kappa shape index (κ3) is 6.14. The molecule has 2 aromatic carbocycles. The summed E-state index contributed by atoms with van der Waals surface area (Å²) >= 11 is 0. The summed E-state index contributed by atoms with van der Waals surface area (Å²) in [6.07, 6.45) is 1.61. The third-order valence-corrected chi connectivity index (χ3v) is 7.88. The highest BCUT2D eigenvalue weighted by Gasteiger charge is 2.23. The summed E-state index contributed by atoms with van der Waals surface area (Å²) in [7, 11) is -3.74. The summed E-state index contributed by atoms with van der Waals surface area (Å²) in [4.78, 5) is 12.7. The SMILES string of the molecule is Cc1c(C)c(C)c(S(=O)(=O)NCCC(=O)Nc2cccc(COCc3ccco3)c2)c(C)c1C. The molecule has 0 aliphatic heterocycles. The standard InChI is InChI=1S/C26H32N2O5S/c1-17-18(2)20(4)26(21(5)19(17)3)34(30,31)27-12-11-25(29)28-23-9-6-8-22(14-23)15-32-16-24-10-7-13-33-24/h6-10,13-14,27H,11-12,15-16H2,1-5H3,(H,28,29). The van der Waals surface area contributed by atoms with Gasteiger partial charge in [-0.2, -0.15) is 0 Å². The second-order valence-electron chi connectivity index (χ2n) is 8.42. The number of sulfonamides is 1. The van der Waals surface area contributed by atoms with E-state index < -0.39 is 10.0 Å². The molecule has 0 radical (unpaired) electrons. The van der Waals surface area contributed by atoms with Crippen LogP contribution in [0.4, 0.5) is 5.69 Å². The van der Waals surface area contributed by atoms with E-state index in [4.69, 9.17) is 9.15 Å². The van der Waals surface area contributed by atoms with Crippen molar-refractivity contribution in [3.63, 3.8) is 0 Å². The maximum absolute atomic E-state index is 13.0. The first-order valence-electron chi connectivity index (χ1n) is 11.2. The lowest BCUT2D eigenvalue weighted by Gasteiger charge is -2.19. The molecule has 8 heteroatoms. The van der Waals surface area contributed by atoms with E-state index in [1.807, 2.05) is 58.9 Å². The molecule has 0 fully saturated rings. The van der Waals surface area contributed by atoms with Crippen molar-refractivity contribution < 1.29 is 22.4 Å². The molecule has 1 aromatic heterocycles. The van der Waals surface area contributed by atoms with Crippen LogP contribution in [0.2, 0.25) is 0 Å². The second-order valence-corrected chi connectivity index (χ2v) is 10.1. The smallest absolute Gasteiger partial charge is 0.241 e. The molecule has 1 amide bonds. The van der Waals surface area contributed by atoms with Crippen molar-refractivity contribution >= 4 is 21.6 Å². The van der Waals surface area contributed by atoms with Crippen LogP contribution >= 0.6 is 0 Å². The molecule has 0 atom stereocenters. The lowest BCUT2D eigenvalue weighted by Crippen LogP contribution is -2.29. The van der Waals surface area contributed by atoms with E-state index >= 15 is 0 Å². The van der Waals surface area contributed by atoms with Crippen LogP contribution in [0.5, 0.6) is 0 Å². The normalized spacial score (nSPS) is 11.6. The van der Waals surface area contributed by atoms with E-state index in [0.29, 0.717) is 23.8 Å². The fourth-order valence-corrected chi connectivity index (χ4v) is 5.49. The Kier molecular flexibility index (Phi) is 8.30. The predicted molar refractivity (Wildman–Crippen MR) is 132 cm³/mol. The maximum atomic E-state index is 13.0. The number of nitrogens with one attached hydrogen (secondary N) is 2. The molecule has 34 heavy (non-hydrogen) atoms. The number of hydrogen-bond donors (Lipinski definition) is 2. The Morgan fingerprint density at radius 2 is 1.59 bits per heavy atom. The molecule has 2 N–H and O–H groups in total. The van der Waals surface area contributed by atoms with Crippen molar-refractivity contribution in [2.45, 2.75) is 59.1 Å². The molecule has 0 bridgehead atoms. The molecule has 0 saturated heterocycles. The highest BCUT2D eigenvalue weighted by Crippen LogP contribution is 2.29. The van der Waals surface area contributed by atoms with E-state index in [-0.39, 0.29) is 18.9 Å². The Morgan fingerprint density at radius 1 is 0.912 bits per heavy atom. The molecule has 0 unspecified atom stereocenters. The molecule has 0 aliphatic rings. The van der Waals surface area contributed by atoms with Gasteiger partial charge < -0.3 is 14.5 Å². The zero-order valence-corrected chi connectivity index (χ0v) is 21.1. The highest BCUT2D eigenvalue weighted by molar-refractivity contribution is 7.89. The van der Waals surface area contributed by atoms with Gasteiger partial charge in [0.2, 0.25) is 15.9 Å². The molecule has 0 saturated carbocycles. The van der Waals surface area contributed by atoms with Crippen LogP contribution < -0.4 is 10.0 Å². The van der Waals surface area contributed by atoms with Crippen LogP contribution in [0.3, 0.4) is 0 Å². The average molecular weight is 485 g/mol. The van der Waals surface area contributed by atoms with Crippen molar-refractivity contribution in [1.82, 2.24) is 4.72 Å². The largest absolute Gasteiger partial charge is 0.467 e. The zero-order valence-electron chi connectivity index (χ0n) is 20.3. The Morgan fingerprint density at radius 3 is 2.24 bits per heavy atom. The zero-order chi connectivity index (χ0) is 24.9. The number of rotatable bonds is 10. The van der Waals surface area contributed by atoms with E-state index in [1.54, 1.807) is 18.4 Å². The van der Waals surface area contributed by atoms with Crippen molar-refractivity contribution in [3.8, 4) is 0 Å². The van der Waals surface area contributed by atoms with Gasteiger partial charge in [-0.3, -0.25) is 4.79 Å². The van der Waals surface area contributed by atoms with Crippen LogP contribution in [0.25, 0.3) is 0 Å². The monoisotopic (exact) mass is 484 g/mol. The van der Waals surface area contributed by atoms with Crippen molar-refractivity contribution in [1.29, 1.82) is 0 Å². The average Bonchev–Trinajstić information content (AvgIpc) is 3.30. The summed E-state index contributed by atoms with van der Waals surface area (Å²) in [5.74, 6) is 0.467. The van der Waals surface area contributed by atoms with Gasteiger partial charge in [0.25, 0.3) is 0 Å². The quantitative estimate of drug-likeness (QED) is 0.429. The highest BCUT2D eigenvalue weighted by atomic mass is 32.2. The fraction of sp³-hybridized carbons (Fsp3) is 0.346. The topological polar surface area (TPSA) is 97.6 Å². The first-order valence-corrected chi connectivity index (χ1v) is 12.6. The minimum absolute atomic E-state index is 0.00493. The third-order valence-electron chi connectivity index (χ3n) is 6.15. The van der Waals surface area contributed by atoms with Gasteiger partial charge in [0.1, 0.15) is 12.4 Å². The number of carbonyl (C=O) groups is 1. The van der Waals surface area contributed by atoms with Crippen LogP contribution in [0, 0.1) is 34.6 Å². The number of benzene rings is 2. The Balaban J connectivity index is 1.55. The maximum Gasteiger partial charge on any atom is 0.241 e. The Labute approximate surface area is 201 Å². The molecule has 3 rings (SSSR count). The number of hydrogen-bond acceptors (Lipinski definition) is 5. The summed E-state index contributed by atoms with van der Waals surface area (Å²) in [5.41, 5.74) is 6.04. The number of amides is 1. The van der Waals surface area contributed by atoms with Crippen LogP contribution in [-0.2, 0) is 32.8 Å². The van der Waals surface area contributed by atoms with E-state index in [0.717, 1.165) is 39.1 Å². The minimum Gasteiger partial charge on any atom is -0.467 e. The molecule has 0 spiro atoms. The summed E-state index contributed by atoms with van der Waals surface area (Å²) in [6.45, 7) is 10.2. The van der Waals surface area contributed by atoms with E-state index in [9.17, 15) is 13.2 Å². The molecular formula is C26H32N2O5S. The van der Waals surface area contributed by atoms with Gasteiger partial charge in [-0.1, -0.05) is 12.1 Å². The molecular weight excluding hydrogens is 452 g/mol. The first kappa shape index (κ1) is 25.7. The number of ether oxygens (including phenoxy) is 1. The van der Waals surface area contributed by atoms with Gasteiger partial charge in [-0.15, -0.1) is 0 Å². The molecule has 182 valence electrons.